The molecule has 2 aromatic heterocycles. The van der Waals surface area contributed by atoms with E-state index in [1.807, 2.05) is 71.5 Å². The summed E-state index contributed by atoms with van der Waals surface area (Å²) in [6, 6.07) is 22.0. The molecule has 0 aliphatic carbocycles. The fraction of sp³-hybridized carbons (Fsp3) is 0.136. The fourth-order valence-corrected chi connectivity index (χ4v) is 3.76. The van der Waals surface area contributed by atoms with E-state index in [-0.39, 0.29) is 12.5 Å². The Morgan fingerprint density at radius 3 is 2.64 bits per heavy atom. The zero-order valence-electron chi connectivity index (χ0n) is 15.5. The van der Waals surface area contributed by atoms with Crippen LogP contribution in [0.4, 0.5) is 0 Å². The molecule has 2 aromatic carbocycles. The smallest absolute Gasteiger partial charge is 0.260 e. The number of hydrazone groups is 1. The van der Waals surface area contributed by atoms with Crippen molar-refractivity contribution in [1.82, 2.24) is 15.0 Å². The molecule has 0 saturated carbocycles. The van der Waals surface area contributed by atoms with Gasteiger partial charge in [-0.15, -0.1) is 11.3 Å². The minimum Gasteiger partial charge on any atom is -0.318 e. The molecule has 0 atom stereocenters. The van der Waals surface area contributed by atoms with Gasteiger partial charge >= 0.3 is 0 Å². The number of amides is 1. The van der Waals surface area contributed by atoms with Crippen molar-refractivity contribution in [2.75, 3.05) is 0 Å². The Labute approximate surface area is 167 Å². The van der Waals surface area contributed by atoms with Crippen LogP contribution in [0.25, 0.3) is 11.0 Å². The van der Waals surface area contributed by atoms with E-state index in [4.69, 9.17) is 4.98 Å². The standard InChI is InChI=1S/C22H20N4OS/c1-16(20-12-7-13-28-20)24-25-22(27)15-26-19-11-6-5-10-18(19)23-21(26)14-17-8-3-2-4-9-17/h2-13H,14-15H2,1H3,(H,25,27)/b24-16+. The van der Waals surface area contributed by atoms with E-state index in [0.717, 1.165) is 33.0 Å². The molecule has 0 spiro atoms. The van der Waals surface area contributed by atoms with E-state index in [1.54, 1.807) is 11.3 Å². The highest BCUT2D eigenvalue weighted by molar-refractivity contribution is 7.12. The average molecular weight is 388 g/mol. The number of carbonyl (C=O) groups is 1. The molecule has 140 valence electrons. The highest BCUT2D eigenvalue weighted by Crippen LogP contribution is 2.18. The number of nitrogens with zero attached hydrogens (tertiary/aromatic N) is 3. The Hall–Kier alpha value is -3.25. The van der Waals surface area contributed by atoms with Crippen LogP contribution in [-0.4, -0.2) is 21.2 Å². The molecule has 1 amide bonds. The van der Waals surface area contributed by atoms with Gasteiger partial charge in [0.05, 0.1) is 16.7 Å². The van der Waals surface area contributed by atoms with Crippen molar-refractivity contribution in [2.24, 2.45) is 5.10 Å². The normalized spacial score (nSPS) is 11.7. The fourth-order valence-electron chi connectivity index (χ4n) is 3.08. The third kappa shape index (κ3) is 4.02. The highest BCUT2D eigenvalue weighted by atomic mass is 32.1. The summed E-state index contributed by atoms with van der Waals surface area (Å²) in [7, 11) is 0. The first kappa shape index (κ1) is 18.1. The summed E-state index contributed by atoms with van der Waals surface area (Å²) < 4.78 is 1.97. The SMILES string of the molecule is C/C(=N\NC(=O)Cn1c(Cc2ccccc2)nc2ccccc21)c1cccs1. The van der Waals surface area contributed by atoms with Crippen LogP contribution in [-0.2, 0) is 17.8 Å². The molecule has 0 fully saturated rings. The third-order valence-electron chi connectivity index (χ3n) is 4.47. The first-order chi connectivity index (χ1) is 13.7. The number of fused-ring (bicyclic) bond motifs is 1. The molecule has 0 saturated heterocycles. The van der Waals surface area contributed by atoms with Gasteiger partial charge in [-0.05, 0) is 36.1 Å². The van der Waals surface area contributed by atoms with Gasteiger partial charge in [-0.3, -0.25) is 4.79 Å². The van der Waals surface area contributed by atoms with Gasteiger partial charge in [-0.25, -0.2) is 10.4 Å². The number of carbonyl (C=O) groups excluding carboxylic acids is 1. The predicted molar refractivity (Wildman–Crippen MR) is 114 cm³/mol. The van der Waals surface area contributed by atoms with Crippen LogP contribution in [0.5, 0.6) is 0 Å². The minimum atomic E-state index is -0.173. The Morgan fingerprint density at radius 1 is 1.07 bits per heavy atom. The lowest BCUT2D eigenvalue weighted by Crippen LogP contribution is -2.25. The lowest BCUT2D eigenvalue weighted by Gasteiger charge is -2.09. The van der Waals surface area contributed by atoms with E-state index >= 15 is 0 Å². The molecule has 1 N–H and O–H groups in total. The van der Waals surface area contributed by atoms with Gasteiger partial charge in [0.2, 0.25) is 0 Å². The molecular weight excluding hydrogens is 368 g/mol. The van der Waals surface area contributed by atoms with Gasteiger partial charge in [0, 0.05) is 11.3 Å². The van der Waals surface area contributed by atoms with Gasteiger partial charge in [0.1, 0.15) is 12.4 Å². The first-order valence-corrected chi connectivity index (χ1v) is 9.94. The van der Waals surface area contributed by atoms with Crippen LogP contribution in [0, 0.1) is 0 Å². The summed E-state index contributed by atoms with van der Waals surface area (Å²) in [5.74, 6) is 0.690. The molecule has 0 unspecified atom stereocenters. The minimum absolute atomic E-state index is 0.171. The molecular formula is C22H20N4OS. The summed E-state index contributed by atoms with van der Waals surface area (Å²) in [6.45, 7) is 2.06. The van der Waals surface area contributed by atoms with Gasteiger partial charge in [0.25, 0.3) is 5.91 Å². The molecule has 0 bridgehead atoms. The van der Waals surface area contributed by atoms with E-state index < -0.39 is 0 Å². The van der Waals surface area contributed by atoms with E-state index in [0.29, 0.717) is 6.42 Å². The van der Waals surface area contributed by atoms with Crippen LogP contribution in [0.1, 0.15) is 23.2 Å². The quantitative estimate of drug-likeness (QED) is 0.397. The van der Waals surface area contributed by atoms with Crippen molar-refractivity contribution in [3.05, 3.63) is 88.4 Å². The Bertz CT molecular complexity index is 1110. The number of imidazole rings is 1. The Morgan fingerprint density at radius 2 is 1.86 bits per heavy atom. The maximum absolute atomic E-state index is 12.6. The number of thiophene rings is 1. The number of nitrogens with one attached hydrogen (secondary N) is 1. The first-order valence-electron chi connectivity index (χ1n) is 9.06. The van der Waals surface area contributed by atoms with Gasteiger partial charge < -0.3 is 4.57 Å². The largest absolute Gasteiger partial charge is 0.318 e. The van der Waals surface area contributed by atoms with Crippen LogP contribution in [0.3, 0.4) is 0 Å². The molecule has 4 rings (SSSR count). The van der Waals surface area contributed by atoms with Gasteiger partial charge in [-0.1, -0.05) is 48.5 Å². The van der Waals surface area contributed by atoms with Crippen LogP contribution >= 0.6 is 11.3 Å². The maximum Gasteiger partial charge on any atom is 0.260 e. The summed E-state index contributed by atoms with van der Waals surface area (Å²) in [6.07, 6.45) is 0.667. The van der Waals surface area contributed by atoms with Crippen molar-refractivity contribution in [1.29, 1.82) is 0 Å². The highest BCUT2D eigenvalue weighted by Gasteiger charge is 2.14. The molecule has 5 nitrogen and oxygen atoms in total. The summed E-state index contributed by atoms with van der Waals surface area (Å²) in [5, 5.41) is 6.22. The van der Waals surface area contributed by atoms with E-state index in [9.17, 15) is 4.79 Å². The molecule has 0 aliphatic heterocycles. The van der Waals surface area contributed by atoms with E-state index in [1.165, 1.54) is 0 Å². The van der Waals surface area contributed by atoms with Gasteiger partial charge in [0.15, 0.2) is 0 Å². The third-order valence-corrected chi connectivity index (χ3v) is 5.45. The van der Waals surface area contributed by atoms with Crippen molar-refractivity contribution < 1.29 is 4.79 Å². The molecule has 2 heterocycles. The number of benzene rings is 2. The van der Waals surface area contributed by atoms with Gasteiger partial charge in [-0.2, -0.15) is 5.10 Å². The maximum atomic E-state index is 12.6. The summed E-state index contributed by atoms with van der Waals surface area (Å²) >= 11 is 1.60. The lowest BCUT2D eigenvalue weighted by atomic mass is 10.1. The van der Waals surface area contributed by atoms with E-state index in [2.05, 4.69) is 22.7 Å². The number of aromatic nitrogens is 2. The number of rotatable bonds is 6. The van der Waals surface area contributed by atoms with Crippen LogP contribution in [0.2, 0.25) is 0 Å². The Balaban J connectivity index is 1.57. The van der Waals surface area contributed by atoms with Crippen molar-refractivity contribution >= 4 is 34.0 Å². The summed E-state index contributed by atoms with van der Waals surface area (Å²) in [4.78, 5) is 18.4. The zero-order chi connectivity index (χ0) is 19.3. The number of hydrogen-bond donors (Lipinski definition) is 1. The second kappa shape index (κ2) is 8.19. The number of hydrogen-bond acceptors (Lipinski definition) is 4. The van der Waals surface area contributed by atoms with Crippen molar-refractivity contribution in [3.8, 4) is 0 Å². The topological polar surface area (TPSA) is 59.3 Å². The predicted octanol–water partition coefficient (Wildman–Crippen LogP) is 4.23. The zero-order valence-corrected chi connectivity index (χ0v) is 16.3. The monoisotopic (exact) mass is 388 g/mol. The van der Waals surface area contributed by atoms with Crippen LogP contribution < -0.4 is 5.43 Å². The molecule has 6 heteroatoms. The molecule has 0 aliphatic rings. The Kier molecular flexibility index (Phi) is 5.30. The van der Waals surface area contributed by atoms with Crippen LogP contribution in [0.15, 0.2) is 77.2 Å². The molecule has 0 radical (unpaired) electrons. The average Bonchev–Trinajstić information content (AvgIpc) is 3.36. The molecule has 28 heavy (non-hydrogen) atoms. The summed E-state index contributed by atoms with van der Waals surface area (Å²) in [5.41, 5.74) is 6.46. The van der Waals surface area contributed by atoms with Crippen molar-refractivity contribution in [3.63, 3.8) is 0 Å². The second-order valence-corrected chi connectivity index (χ2v) is 7.42. The molecule has 4 aromatic rings. The van der Waals surface area contributed by atoms with Crippen molar-refractivity contribution in [2.45, 2.75) is 19.9 Å². The number of para-hydroxylation sites is 2. The second-order valence-electron chi connectivity index (χ2n) is 6.47. The lowest BCUT2D eigenvalue weighted by molar-refractivity contribution is -0.121.